The molecule has 0 heterocycles. The number of hydrogen-bond acceptors (Lipinski definition) is 2. The maximum atomic E-state index is 12.7. The molecule has 0 unspecified atom stereocenters. The quantitative estimate of drug-likeness (QED) is 0.887. The first-order valence-corrected chi connectivity index (χ1v) is 5.20. The molecule has 0 radical (unpaired) electrons. The fourth-order valence-corrected chi connectivity index (χ4v) is 1.64. The van der Waals surface area contributed by atoms with Gasteiger partial charge in [-0.05, 0) is 42.7 Å². The van der Waals surface area contributed by atoms with Gasteiger partial charge in [0.15, 0.2) is 6.67 Å². The molecule has 0 aromatic heterocycles. The van der Waals surface area contributed by atoms with E-state index in [0.717, 1.165) is 0 Å². The number of rotatable bonds is 5. The summed E-state index contributed by atoms with van der Waals surface area (Å²) in [5.41, 5.74) is 1.57. The highest BCUT2D eigenvalue weighted by Crippen LogP contribution is 2.27. The molecular formula is C12H13F3O3. The standard InChI is InChI=1S/C12H13F3O3/c1-7-3-9(18-12(14,15)6-13)4-8(2)10(7)5-11(16)17/h3-4H,5-6H2,1-2H3,(H,16,17). The van der Waals surface area contributed by atoms with Crippen molar-refractivity contribution in [3.63, 3.8) is 0 Å². The van der Waals surface area contributed by atoms with Crippen molar-refractivity contribution in [1.29, 1.82) is 0 Å². The maximum Gasteiger partial charge on any atom is 0.427 e. The molecule has 1 N–H and O–H groups in total. The van der Waals surface area contributed by atoms with Gasteiger partial charge in [-0.2, -0.15) is 8.78 Å². The molecule has 3 nitrogen and oxygen atoms in total. The van der Waals surface area contributed by atoms with E-state index in [4.69, 9.17) is 5.11 Å². The Hall–Kier alpha value is -1.72. The average Bonchev–Trinajstić information content (AvgIpc) is 2.23. The Morgan fingerprint density at radius 1 is 1.33 bits per heavy atom. The van der Waals surface area contributed by atoms with Gasteiger partial charge >= 0.3 is 12.1 Å². The number of halogens is 3. The predicted molar refractivity (Wildman–Crippen MR) is 58.8 cm³/mol. The van der Waals surface area contributed by atoms with Crippen molar-refractivity contribution in [2.75, 3.05) is 6.67 Å². The molecule has 0 spiro atoms. The summed E-state index contributed by atoms with van der Waals surface area (Å²) in [4.78, 5) is 10.6. The summed E-state index contributed by atoms with van der Waals surface area (Å²) in [6, 6.07) is 2.55. The van der Waals surface area contributed by atoms with Gasteiger partial charge in [0.2, 0.25) is 0 Å². The fourth-order valence-electron chi connectivity index (χ4n) is 1.64. The highest BCUT2D eigenvalue weighted by atomic mass is 19.3. The van der Waals surface area contributed by atoms with Crippen LogP contribution in [0.2, 0.25) is 0 Å². The summed E-state index contributed by atoms with van der Waals surface area (Å²) in [6.45, 7) is 1.26. The number of aliphatic carboxylic acids is 1. The first kappa shape index (κ1) is 14.3. The lowest BCUT2D eigenvalue weighted by atomic mass is 9.99. The van der Waals surface area contributed by atoms with E-state index in [9.17, 15) is 18.0 Å². The maximum absolute atomic E-state index is 12.7. The van der Waals surface area contributed by atoms with Gasteiger partial charge in [0.25, 0.3) is 0 Å². The van der Waals surface area contributed by atoms with Gasteiger partial charge in [0.1, 0.15) is 5.75 Å². The molecule has 6 heteroatoms. The summed E-state index contributed by atoms with van der Waals surface area (Å²) < 4.78 is 41.6. The van der Waals surface area contributed by atoms with Gasteiger partial charge in [-0.1, -0.05) is 0 Å². The van der Waals surface area contributed by atoms with Gasteiger partial charge in [0.05, 0.1) is 6.42 Å². The number of carboxylic acids is 1. The lowest BCUT2D eigenvalue weighted by molar-refractivity contribution is -0.186. The third-order valence-corrected chi connectivity index (χ3v) is 2.42. The summed E-state index contributed by atoms with van der Waals surface area (Å²) in [7, 11) is 0. The zero-order chi connectivity index (χ0) is 13.9. The fraction of sp³-hybridized carbons (Fsp3) is 0.417. The molecule has 100 valence electrons. The number of ether oxygens (including phenoxy) is 1. The van der Waals surface area contributed by atoms with Crippen LogP contribution in [0.5, 0.6) is 5.75 Å². The Balaban J connectivity index is 3.03. The van der Waals surface area contributed by atoms with Gasteiger partial charge < -0.3 is 9.84 Å². The van der Waals surface area contributed by atoms with E-state index in [1.165, 1.54) is 12.1 Å². The smallest absolute Gasteiger partial charge is 0.427 e. The normalized spacial score (nSPS) is 11.4. The van der Waals surface area contributed by atoms with E-state index in [1.54, 1.807) is 13.8 Å². The van der Waals surface area contributed by atoms with E-state index in [2.05, 4.69) is 4.74 Å². The van der Waals surface area contributed by atoms with E-state index in [-0.39, 0.29) is 12.2 Å². The van der Waals surface area contributed by atoms with Crippen LogP contribution >= 0.6 is 0 Å². The topological polar surface area (TPSA) is 46.5 Å². The monoisotopic (exact) mass is 262 g/mol. The minimum atomic E-state index is -3.87. The number of aryl methyl sites for hydroxylation is 2. The van der Waals surface area contributed by atoms with Gasteiger partial charge in [0, 0.05) is 0 Å². The molecule has 0 atom stereocenters. The second kappa shape index (κ2) is 5.29. The summed E-state index contributed by atoms with van der Waals surface area (Å²) in [6.07, 6.45) is -4.06. The van der Waals surface area contributed by atoms with Crippen molar-refractivity contribution in [1.82, 2.24) is 0 Å². The number of hydrogen-bond donors (Lipinski definition) is 1. The molecule has 0 amide bonds. The minimum Gasteiger partial charge on any atom is -0.481 e. The van der Waals surface area contributed by atoms with E-state index in [0.29, 0.717) is 16.7 Å². The van der Waals surface area contributed by atoms with E-state index >= 15 is 0 Å². The van der Waals surface area contributed by atoms with Crippen molar-refractivity contribution < 1.29 is 27.8 Å². The first-order valence-electron chi connectivity index (χ1n) is 5.20. The minimum absolute atomic E-state index is 0.179. The largest absolute Gasteiger partial charge is 0.481 e. The average molecular weight is 262 g/mol. The summed E-state index contributed by atoms with van der Waals surface area (Å²) >= 11 is 0. The number of alkyl halides is 3. The molecule has 1 rings (SSSR count). The summed E-state index contributed by atoms with van der Waals surface area (Å²) in [5, 5.41) is 8.71. The molecule has 18 heavy (non-hydrogen) atoms. The van der Waals surface area contributed by atoms with Crippen molar-refractivity contribution in [3.05, 3.63) is 28.8 Å². The Morgan fingerprint density at radius 2 is 1.83 bits per heavy atom. The molecule has 0 fully saturated rings. The van der Waals surface area contributed by atoms with Crippen LogP contribution in [-0.4, -0.2) is 23.9 Å². The zero-order valence-corrected chi connectivity index (χ0v) is 9.97. The second-order valence-corrected chi connectivity index (χ2v) is 3.98. The Labute approximate surface area is 102 Å². The molecule has 1 aromatic rings. The van der Waals surface area contributed by atoms with Crippen LogP contribution in [0.15, 0.2) is 12.1 Å². The summed E-state index contributed by atoms with van der Waals surface area (Å²) in [5.74, 6) is -1.19. The number of carbonyl (C=O) groups is 1. The van der Waals surface area contributed by atoms with Crippen LogP contribution in [0, 0.1) is 13.8 Å². The first-order chi connectivity index (χ1) is 8.25. The van der Waals surface area contributed by atoms with Crippen LogP contribution in [0.25, 0.3) is 0 Å². The lowest BCUT2D eigenvalue weighted by Crippen LogP contribution is -2.27. The second-order valence-electron chi connectivity index (χ2n) is 3.98. The van der Waals surface area contributed by atoms with Crippen LogP contribution < -0.4 is 4.74 Å². The number of carboxylic acid groups (broad SMARTS) is 1. The van der Waals surface area contributed by atoms with Gasteiger partial charge in [-0.15, -0.1) is 0 Å². The van der Waals surface area contributed by atoms with Crippen molar-refractivity contribution in [3.8, 4) is 5.75 Å². The highest BCUT2D eigenvalue weighted by molar-refractivity contribution is 5.71. The van der Waals surface area contributed by atoms with Crippen LogP contribution in [-0.2, 0) is 11.2 Å². The lowest BCUT2D eigenvalue weighted by Gasteiger charge is -2.17. The van der Waals surface area contributed by atoms with Gasteiger partial charge in [-0.25, -0.2) is 4.39 Å². The predicted octanol–water partition coefficient (Wildman–Crippen LogP) is 2.87. The van der Waals surface area contributed by atoms with E-state index in [1.807, 2.05) is 0 Å². The van der Waals surface area contributed by atoms with Crippen LogP contribution in [0.4, 0.5) is 13.2 Å². The SMILES string of the molecule is Cc1cc(OC(F)(F)CF)cc(C)c1CC(=O)O. The van der Waals surface area contributed by atoms with E-state index < -0.39 is 18.8 Å². The van der Waals surface area contributed by atoms with Crippen molar-refractivity contribution in [2.24, 2.45) is 0 Å². The van der Waals surface area contributed by atoms with Crippen LogP contribution in [0.3, 0.4) is 0 Å². The molecular weight excluding hydrogens is 249 g/mol. The molecule has 0 aliphatic rings. The highest BCUT2D eigenvalue weighted by Gasteiger charge is 2.31. The Bertz CT molecular complexity index is 435. The Kier molecular flexibility index (Phi) is 4.21. The third-order valence-electron chi connectivity index (χ3n) is 2.42. The van der Waals surface area contributed by atoms with Crippen molar-refractivity contribution in [2.45, 2.75) is 26.4 Å². The zero-order valence-electron chi connectivity index (χ0n) is 9.97. The molecule has 0 aliphatic heterocycles. The van der Waals surface area contributed by atoms with Crippen LogP contribution in [0.1, 0.15) is 16.7 Å². The molecule has 0 saturated heterocycles. The Morgan fingerprint density at radius 3 is 2.22 bits per heavy atom. The molecule has 0 aliphatic carbocycles. The van der Waals surface area contributed by atoms with Crippen molar-refractivity contribution >= 4 is 5.97 Å². The molecule has 0 saturated carbocycles. The van der Waals surface area contributed by atoms with Gasteiger partial charge in [-0.3, -0.25) is 4.79 Å². The third kappa shape index (κ3) is 3.65. The molecule has 1 aromatic carbocycles. The number of benzene rings is 1. The molecule has 0 bridgehead atoms.